The number of hydrogen-bond donors (Lipinski definition) is 1. The predicted molar refractivity (Wildman–Crippen MR) is 94.1 cm³/mol. The zero-order chi connectivity index (χ0) is 19.4. The summed E-state index contributed by atoms with van der Waals surface area (Å²) in [5.41, 5.74) is 1.37. The SMILES string of the molecule is CCC[C@H](NC(=O)Cc1c(C)c2c(OC)cc(C)cc2oc1=O)C(=O)[O-]. The Kier molecular flexibility index (Phi) is 6.02. The fourth-order valence-electron chi connectivity index (χ4n) is 2.95. The van der Waals surface area contributed by atoms with Gasteiger partial charge < -0.3 is 24.4 Å². The fourth-order valence-corrected chi connectivity index (χ4v) is 2.95. The molecule has 7 heteroatoms. The number of hydrogen-bond acceptors (Lipinski definition) is 6. The molecular weight excluding hydrogens is 338 g/mol. The van der Waals surface area contributed by atoms with Crippen molar-refractivity contribution in [1.82, 2.24) is 5.32 Å². The van der Waals surface area contributed by atoms with Crippen molar-refractivity contribution < 1.29 is 23.8 Å². The second-order valence-electron chi connectivity index (χ2n) is 6.24. The van der Waals surface area contributed by atoms with Gasteiger partial charge in [0.05, 0.1) is 36.5 Å². The number of aliphatic carboxylic acids is 1. The molecule has 7 nitrogen and oxygen atoms in total. The summed E-state index contributed by atoms with van der Waals surface area (Å²) < 4.78 is 10.7. The van der Waals surface area contributed by atoms with E-state index in [9.17, 15) is 19.5 Å². The van der Waals surface area contributed by atoms with Gasteiger partial charge in [-0.15, -0.1) is 0 Å². The Bertz CT molecular complexity index is 899. The first-order valence-electron chi connectivity index (χ1n) is 8.39. The van der Waals surface area contributed by atoms with E-state index in [0.717, 1.165) is 5.56 Å². The summed E-state index contributed by atoms with van der Waals surface area (Å²) in [5, 5.41) is 14.1. The van der Waals surface area contributed by atoms with Crippen molar-refractivity contribution in [3.63, 3.8) is 0 Å². The summed E-state index contributed by atoms with van der Waals surface area (Å²) in [5.74, 6) is -1.38. The number of aryl methyl sites for hydroxylation is 2. The van der Waals surface area contributed by atoms with Gasteiger partial charge in [-0.2, -0.15) is 0 Å². The molecule has 26 heavy (non-hydrogen) atoms. The quantitative estimate of drug-likeness (QED) is 0.738. The molecule has 0 spiro atoms. The van der Waals surface area contributed by atoms with Crippen LogP contribution < -0.4 is 20.8 Å². The molecule has 0 bridgehead atoms. The highest BCUT2D eigenvalue weighted by Crippen LogP contribution is 2.30. The smallest absolute Gasteiger partial charge is 0.340 e. The van der Waals surface area contributed by atoms with Gasteiger partial charge in [-0.3, -0.25) is 4.79 Å². The molecule has 140 valence electrons. The van der Waals surface area contributed by atoms with Crippen molar-refractivity contribution in [2.24, 2.45) is 0 Å². The van der Waals surface area contributed by atoms with E-state index in [1.165, 1.54) is 7.11 Å². The van der Waals surface area contributed by atoms with Gasteiger partial charge in [0.2, 0.25) is 5.91 Å². The minimum absolute atomic E-state index is 0.172. The van der Waals surface area contributed by atoms with Crippen LogP contribution in [0.4, 0.5) is 0 Å². The zero-order valence-corrected chi connectivity index (χ0v) is 15.3. The van der Waals surface area contributed by atoms with Crippen molar-refractivity contribution >= 4 is 22.8 Å². The number of carbonyl (C=O) groups excluding carboxylic acids is 2. The Hall–Kier alpha value is -2.83. The van der Waals surface area contributed by atoms with E-state index in [2.05, 4.69) is 5.32 Å². The minimum atomic E-state index is -1.35. The van der Waals surface area contributed by atoms with Crippen LogP contribution in [0.5, 0.6) is 5.75 Å². The van der Waals surface area contributed by atoms with Crippen LogP contribution in [0.3, 0.4) is 0 Å². The maximum absolute atomic E-state index is 12.3. The van der Waals surface area contributed by atoms with Crippen LogP contribution in [0.15, 0.2) is 21.3 Å². The lowest BCUT2D eigenvalue weighted by atomic mass is 10.0. The number of fused-ring (bicyclic) bond motifs is 1. The summed E-state index contributed by atoms with van der Waals surface area (Å²) in [6, 6.07) is 2.45. The van der Waals surface area contributed by atoms with Crippen LogP contribution in [0.2, 0.25) is 0 Å². The molecule has 0 radical (unpaired) electrons. The second kappa shape index (κ2) is 8.03. The van der Waals surface area contributed by atoms with E-state index < -0.39 is 23.5 Å². The molecule has 0 aliphatic heterocycles. The van der Waals surface area contributed by atoms with E-state index in [1.807, 2.05) is 13.0 Å². The number of nitrogens with one attached hydrogen (secondary N) is 1. The molecule has 1 aromatic carbocycles. The third-order valence-corrected chi connectivity index (χ3v) is 4.24. The standard InChI is InChI=1S/C19H23NO6/c1-5-6-13(18(22)23)20-16(21)9-12-11(3)17-14(25-4)7-10(2)8-15(17)26-19(12)24/h7-8,13H,5-6,9H2,1-4H3,(H,20,21)(H,22,23)/p-1/t13-/m0/s1. The largest absolute Gasteiger partial charge is 0.548 e. The first-order chi connectivity index (χ1) is 12.3. The molecule has 0 aliphatic carbocycles. The summed E-state index contributed by atoms with van der Waals surface area (Å²) in [7, 11) is 1.51. The van der Waals surface area contributed by atoms with Gasteiger partial charge in [0.1, 0.15) is 11.3 Å². The zero-order valence-electron chi connectivity index (χ0n) is 15.3. The third kappa shape index (κ3) is 4.04. The van der Waals surface area contributed by atoms with E-state index in [1.54, 1.807) is 19.9 Å². The van der Waals surface area contributed by atoms with Crippen LogP contribution in [-0.4, -0.2) is 25.0 Å². The van der Waals surface area contributed by atoms with Gasteiger partial charge in [-0.05, 0) is 43.5 Å². The first-order valence-corrected chi connectivity index (χ1v) is 8.39. The van der Waals surface area contributed by atoms with Crippen LogP contribution in [0.25, 0.3) is 11.0 Å². The first kappa shape index (κ1) is 19.5. The number of ether oxygens (including phenoxy) is 1. The Morgan fingerprint density at radius 2 is 2.00 bits per heavy atom. The molecule has 0 saturated carbocycles. The van der Waals surface area contributed by atoms with E-state index >= 15 is 0 Å². The Morgan fingerprint density at radius 1 is 1.31 bits per heavy atom. The highest BCUT2D eigenvalue weighted by atomic mass is 16.5. The summed E-state index contributed by atoms with van der Waals surface area (Å²) in [4.78, 5) is 35.6. The van der Waals surface area contributed by atoms with Crippen LogP contribution >= 0.6 is 0 Å². The molecule has 2 aromatic rings. The molecule has 0 fully saturated rings. The number of carboxylic acids is 1. The van der Waals surface area contributed by atoms with E-state index in [4.69, 9.17) is 9.15 Å². The van der Waals surface area contributed by atoms with E-state index in [0.29, 0.717) is 28.7 Å². The van der Waals surface area contributed by atoms with Crippen LogP contribution in [0.1, 0.15) is 36.5 Å². The molecule has 2 rings (SSSR count). The Balaban J connectivity index is 2.41. The lowest BCUT2D eigenvalue weighted by molar-refractivity contribution is -0.308. The topological polar surface area (TPSA) is 109 Å². The van der Waals surface area contributed by atoms with Gasteiger partial charge in [0.25, 0.3) is 0 Å². The molecule has 0 saturated heterocycles. The highest BCUT2D eigenvalue weighted by molar-refractivity contribution is 5.90. The number of carboxylic acid groups (broad SMARTS) is 1. The van der Waals surface area contributed by atoms with Crippen molar-refractivity contribution in [2.45, 2.75) is 46.1 Å². The number of rotatable bonds is 7. The minimum Gasteiger partial charge on any atom is -0.548 e. The summed E-state index contributed by atoms with van der Waals surface area (Å²) in [6.45, 7) is 5.37. The molecule has 1 atom stereocenters. The molecular formula is C19H22NO6-. The van der Waals surface area contributed by atoms with Gasteiger partial charge in [-0.25, -0.2) is 4.79 Å². The maximum atomic E-state index is 12.3. The average Bonchev–Trinajstić information content (AvgIpc) is 2.56. The highest BCUT2D eigenvalue weighted by Gasteiger charge is 2.19. The number of carbonyl (C=O) groups is 2. The van der Waals surface area contributed by atoms with Crippen molar-refractivity contribution in [2.75, 3.05) is 7.11 Å². The molecule has 1 N–H and O–H groups in total. The third-order valence-electron chi connectivity index (χ3n) is 4.24. The van der Waals surface area contributed by atoms with Crippen molar-refractivity contribution in [3.05, 3.63) is 39.2 Å². The molecule has 0 unspecified atom stereocenters. The predicted octanol–water partition coefficient (Wildman–Crippen LogP) is 0.996. The van der Waals surface area contributed by atoms with Crippen molar-refractivity contribution in [1.29, 1.82) is 0 Å². The number of benzene rings is 1. The Morgan fingerprint density at radius 3 is 2.58 bits per heavy atom. The van der Waals surface area contributed by atoms with Crippen molar-refractivity contribution in [3.8, 4) is 5.75 Å². The van der Waals surface area contributed by atoms with Gasteiger partial charge in [-0.1, -0.05) is 13.3 Å². The van der Waals surface area contributed by atoms with Crippen LogP contribution in [-0.2, 0) is 16.0 Å². The maximum Gasteiger partial charge on any atom is 0.340 e. The van der Waals surface area contributed by atoms with Gasteiger partial charge in [0, 0.05) is 0 Å². The lowest BCUT2D eigenvalue weighted by Gasteiger charge is -2.19. The summed E-state index contributed by atoms with van der Waals surface area (Å²) in [6.07, 6.45) is 0.549. The van der Waals surface area contributed by atoms with Gasteiger partial charge >= 0.3 is 5.63 Å². The Labute approximate surface area is 151 Å². The second-order valence-corrected chi connectivity index (χ2v) is 6.24. The fraction of sp³-hybridized carbons (Fsp3) is 0.421. The lowest BCUT2D eigenvalue weighted by Crippen LogP contribution is -2.48. The number of amides is 1. The molecule has 1 heterocycles. The molecule has 0 aliphatic rings. The van der Waals surface area contributed by atoms with Crippen LogP contribution in [0, 0.1) is 13.8 Å². The number of methoxy groups -OCH3 is 1. The average molecular weight is 360 g/mol. The molecule has 1 aromatic heterocycles. The van der Waals surface area contributed by atoms with E-state index in [-0.39, 0.29) is 18.4 Å². The summed E-state index contributed by atoms with van der Waals surface area (Å²) >= 11 is 0. The monoisotopic (exact) mass is 360 g/mol. The molecule has 1 amide bonds. The normalized spacial score (nSPS) is 12.0. The van der Waals surface area contributed by atoms with Gasteiger partial charge in [0.15, 0.2) is 0 Å².